The van der Waals surface area contributed by atoms with Crippen LogP contribution in [0.1, 0.15) is 25.5 Å². The van der Waals surface area contributed by atoms with E-state index in [2.05, 4.69) is 24.1 Å². The second kappa shape index (κ2) is 7.66. The molecule has 1 heterocycles. The average molecular weight is 256 g/mol. The molecule has 17 heavy (non-hydrogen) atoms. The number of rotatable bonds is 7. The maximum Gasteiger partial charge on any atom is 0.0964 e. The molecule has 0 saturated carbocycles. The molecule has 0 fully saturated rings. The Kier molecular flexibility index (Phi) is 6.50. The van der Waals surface area contributed by atoms with E-state index in [1.165, 1.54) is 17.3 Å². The Labute approximate surface area is 106 Å². The fraction of sp³-hybridized carbons (Fsp3) is 0.583. The normalized spacial score (nSPS) is 14.6. The van der Waals surface area contributed by atoms with Crippen LogP contribution in [0.4, 0.5) is 0 Å². The Morgan fingerprint density at radius 2 is 2.29 bits per heavy atom. The number of aliphatic hydroxyl groups excluding tert-OH is 2. The number of hydrogen-bond donors (Lipinski definition) is 3. The highest BCUT2D eigenvalue weighted by molar-refractivity contribution is 7.99. The lowest BCUT2D eigenvalue weighted by molar-refractivity contribution is 0.113. The van der Waals surface area contributed by atoms with Crippen molar-refractivity contribution >= 4 is 11.8 Å². The van der Waals surface area contributed by atoms with Gasteiger partial charge in [0.1, 0.15) is 0 Å². The average Bonchev–Trinajstić information content (AvgIpc) is 2.36. The third-order valence-electron chi connectivity index (χ3n) is 2.40. The first-order chi connectivity index (χ1) is 8.17. The molecule has 0 saturated heterocycles. The molecule has 0 aliphatic heterocycles. The summed E-state index contributed by atoms with van der Waals surface area (Å²) >= 11 is 1.45. The van der Waals surface area contributed by atoms with Crippen LogP contribution in [0.3, 0.4) is 0 Å². The summed E-state index contributed by atoms with van der Waals surface area (Å²) < 4.78 is 0. The van der Waals surface area contributed by atoms with E-state index in [4.69, 9.17) is 5.11 Å². The Balaban J connectivity index is 2.59. The minimum atomic E-state index is -0.684. The number of aromatic nitrogens is 1. The van der Waals surface area contributed by atoms with Crippen molar-refractivity contribution in [2.45, 2.75) is 31.0 Å². The van der Waals surface area contributed by atoms with Crippen LogP contribution in [0.25, 0.3) is 0 Å². The zero-order valence-electron chi connectivity index (χ0n) is 10.3. The minimum absolute atomic E-state index is 0.208. The number of hydrogen-bond acceptors (Lipinski definition) is 5. The summed E-state index contributed by atoms with van der Waals surface area (Å²) in [6.45, 7) is 4.90. The molecule has 0 radical (unpaired) electrons. The maximum atomic E-state index is 9.27. The first-order valence-electron chi connectivity index (χ1n) is 5.78. The smallest absolute Gasteiger partial charge is 0.0964 e. The monoisotopic (exact) mass is 256 g/mol. The maximum absolute atomic E-state index is 9.27. The number of nitrogens with one attached hydrogen (secondary N) is 1. The van der Waals surface area contributed by atoms with Crippen molar-refractivity contribution in [1.29, 1.82) is 0 Å². The van der Waals surface area contributed by atoms with Gasteiger partial charge in [-0.25, -0.2) is 4.98 Å². The van der Waals surface area contributed by atoms with Crippen molar-refractivity contribution in [3.05, 3.63) is 23.9 Å². The van der Waals surface area contributed by atoms with E-state index in [9.17, 15) is 5.11 Å². The molecule has 1 aromatic rings. The summed E-state index contributed by atoms with van der Waals surface area (Å²) in [4.78, 5) is 4.23. The van der Waals surface area contributed by atoms with Crippen molar-refractivity contribution in [2.24, 2.45) is 0 Å². The van der Waals surface area contributed by atoms with Gasteiger partial charge in [0.25, 0.3) is 0 Å². The van der Waals surface area contributed by atoms with Crippen molar-refractivity contribution in [1.82, 2.24) is 10.3 Å². The lowest BCUT2D eigenvalue weighted by Crippen LogP contribution is -2.18. The van der Waals surface area contributed by atoms with Gasteiger partial charge in [0, 0.05) is 18.0 Å². The van der Waals surface area contributed by atoms with Gasteiger partial charge in [-0.15, -0.1) is 11.8 Å². The van der Waals surface area contributed by atoms with Crippen LogP contribution < -0.4 is 5.32 Å². The number of aliphatic hydroxyl groups is 2. The van der Waals surface area contributed by atoms with Crippen LogP contribution in [0.2, 0.25) is 0 Å². The number of thioether (sulfide) groups is 1. The molecule has 5 heteroatoms. The molecule has 0 amide bonds. The van der Waals surface area contributed by atoms with Gasteiger partial charge in [-0.2, -0.15) is 0 Å². The Bertz CT molecular complexity index is 336. The summed E-state index contributed by atoms with van der Waals surface area (Å²) in [5, 5.41) is 22.2. The van der Waals surface area contributed by atoms with Gasteiger partial charge in [-0.3, -0.25) is 0 Å². The SMILES string of the molecule is CCNC(C)c1ccnc(SCC(O)CO)c1. The summed E-state index contributed by atoms with van der Waals surface area (Å²) in [6.07, 6.45) is 1.09. The van der Waals surface area contributed by atoms with Gasteiger partial charge in [0.2, 0.25) is 0 Å². The van der Waals surface area contributed by atoms with Crippen LogP contribution in [0.15, 0.2) is 23.4 Å². The third kappa shape index (κ3) is 5.04. The highest BCUT2D eigenvalue weighted by atomic mass is 32.2. The van der Waals surface area contributed by atoms with Crippen LogP contribution >= 0.6 is 11.8 Å². The zero-order chi connectivity index (χ0) is 12.7. The summed E-state index contributed by atoms with van der Waals surface area (Å²) in [5.41, 5.74) is 1.18. The lowest BCUT2D eigenvalue weighted by atomic mass is 10.1. The van der Waals surface area contributed by atoms with Crippen LogP contribution in [-0.2, 0) is 0 Å². The van der Waals surface area contributed by atoms with Crippen LogP contribution in [0.5, 0.6) is 0 Å². The quantitative estimate of drug-likeness (QED) is 0.640. The molecule has 2 unspecified atom stereocenters. The van der Waals surface area contributed by atoms with E-state index >= 15 is 0 Å². The molecular formula is C12H20N2O2S. The highest BCUT2D eigenvalue weighted by Gasteiger charge is 2.07. The van der Waals surface area contributed by atoms with E-state index in [0.29, 0.717) is 11.8 Å². The molecule has 3 N–H and O–H groups in total. The van der Waals surface area contributed by atoms with Gasteiger partial charge in [0.05, 0.1) is 17.7 Å². The Morgan fingerprint density at radius 1 is 1.53 bits per heavy atom. The highest BCUT2D eigenvalue weighted by Crippen LogP contribution is 2.20. The molecule has 1 rings (SSSR count). The van der Waals surface area contributed by atoms with Gasteiger partial charge in [-0.05, 0) is 31.2 Å². The zero-order valence-corrected chi connectivity index (χ0v) is 11.1. The lowest BCUT2D eigenvalue weighted by Gasteiger charge is -2.13. The largest absolute Gasteiger partial charge is 0.394 e. The molecule has 0 aromatic carbocycles. The molecule has 4 nitrogen and oxygen atoms in total. The van der Waals surface area contributed by atoms with E-state index in [-0.39, 0.29) is 6.61 Å². The second-order valence-corrected chi connectivity index (χ2v) is 4.89. The molecule has 2 atom stereocenters. The van der Waals surface area contributed by atoms with E-state index in [1.54, 1.807) is 6.20 Å². The van der Waals surface area contributed by atoms with Gasteiger partial charge >= 0.3 is 0 Å². The first-order valence-corrected chi connectivity index (χ1v) is 6.77. The fourth-order valence-corrected chi connectivity index (χ4v) is 2.25. The van der Waals surface area contributed by atoms with Crippen molar-refractivity contribution < 1.29 is 10.2 Å². The van der Waals surface area contributed by atoms with E-state index in [1.807, 2.05) is 12.1 Å². The first kappa shape index (κ1) is 14.4. The molecule has 1 aromatic heterocycles. The summed E-state index contributed by atoms with van der Waals surface area (Å²) in [6, 6.07) is 4.30. The Hall–Kier alpha value is -0.620. The third-order valence-corrected chi connectivity index (χ3v) is 3.47. The molecule has 0 aliphatic rings. The van der Waals surface area contributed by atoms with Gasteiger partial charge in [0.15, 0.2) is 0 Å². The standard InChI is InChI=1S/C12H20N2O2S/c1-3-13-9(2)10-4-5-14-12(6-10)17-8-11(16)7-15/h4-6,9,11,13,15-16H,3,7-8H2,1-2H3. The number of nitrogens with zero attached hydrogens (tertiary/aromatic N) is 1. The topological polar surface area (TPSA) is 65.4 Å². The predicted molar refractivity (Wildman–Crippen MR) is 70.1 cm³/mol. The number of pyridine rings is 1. The Morgan fingerprint density at radius 3 is 2.94 bits per heavy atom. The molecular weight excluding hydrogens is 236 g/mol. The van der Waals surface area contributed by atoms with E-state index in [0.717, 1.165) is 11.6 Å². The minimum Gasteiger partial charge on any atom is -0.394 e. The van der Waals surface area contributed by atoms with E-state index < -0.39 is 6.10 Å². The molecule has 0 bridgehead atoms. The second-order valence-electron chi connectivity index (χ2n) is 3.85. The van der Waals surface area contributed by atoms with Crippen molar-refractivity contribution in [2.75, 3.05) is 18.9 Å². The van der Waals surface area contributed by atoms with Gasteiger partial charge in [-0.1, -0.05) is 6.92 Å². The molecule has 0 aliphatic carbocycles. The molecule has 0 spiro atoms. The fourth-order valence-electron chi connectivity index (χ4n) is 1.43. The van der Waals surface area contributed by atoms with Crippen molar-refractivity contribution in [3.63, 3.8) is 0 Å². The summed E-state index contributed by atoms with van der Waals surface area (Å²) in [5.74, 6) is 0.461. The molecule has 96 valence electrons. The van der Waals surface area contributed by atoms with Crippen LogP contribution in [-0.4, -0.2) is 40.2 Å². The van der Waals surface area contributed by atoms with Gasteiger partial charge < -0.3 is 15.5 Å². The van der Waals surface area contributed by atoms with Crippen LogP contribution in [0, 0.1) is 0 Å². The van der Waals surface area contributed by atoms with Crippen molar-refractivity contribution in [3.8, 4) is 0 Å². The predicted octanol–water partition coefficient (Wildman–Crippen LogP) is 1.20. The summed E-state index contributed by atoms with van der Waals surface area (Å²) in [7, 11) is 0.